The van der Waals surface area contributed by atoms with E-state index in [1.807, 2.05) is 24.0 Å². The van der Waals surface area contributed by atoms with Crippen LogP contribution in [-0.2, 0) is 0 Å². The third-order valence-corrected chi connectivity index (χ3v) is 4.11. The number of nitrogens with zero attached hydrogens (tertiary/aromatic N) is 1. The third-order valence-electron chi connectivity index (χ3n) is 2.79. The molecule has 1 fully saturated rings. The number of thioether (sulfide) groups is 1. The minimum Gasteiger partial charge on any atom is -0.387 e. The molecule has 1 aliphatic carbocycles. The van der Waals surface area contributed by atoms with Gasteiger partial charge in [0, 0.05) is 16.3 Å². The maximum atomic E-state index is 9.33. The molecule has 0 unspecified atom stereocenters. The number of aromatic nitrogens is 1. The van der Waals surface area contributed by atoms with Crippen molar-refractivity contribution in [1.29, 1.82) is 0 Å². The molecule has 15 heavy (non-hydrogen) atoms. The molecular weight excluding hydrogens is 206 g/mol. The van der Waals surface area contributed by atoms with Crippen LogP contribution < -0.4 is 0 Å². The summed E-state index contributed by atoms with van der Waals surface area (Å²) in [7, 11) is 0. The van der Waals surface area contributed by atoms with Crippen molar-refractivity contribution in [2.24, 2.45) is 0 Å². The molecule has 1 saturated carbocycles. The van der Waals surface area contributed by atoms with Gasteiger partial charge in [0.2, 0.25) is 0 Å². The van der Waals surface area contributed by atoms with Crippen LogP contribution in [-0.4, -0.2) is 15.3 Å². The monoisotopic (exact) mass is 223 g/mol. The van der Waals surface area contributed by atoms with Crippen LogP contribution in [0.25, 0.3) is 0 Å². The Bertz CT molecular complexity index is 304. The summed E-state index contributed by atoms with van der Waals surface area (Å²) < 4.78 is 0. The second kappa shape index (κ2) is 4.99. The molecule has 0 bridgehead atoms. The van der Waals surface area contributed by atoms with E-state index < -0.39 is 6.10 Å². The van der Waals surface area contributed by atoms with Crippen molar-refractivity contribution in [3.63, 3.8) is 0 Å². The van der Waals surface area contributed by atoms with E-state index in [0.29, 0.717) is 0 Å². The lowest BCUT2D eigenvalue weighted by atomic mass is 10.2. The largest absolute Gasteiger partial charge is 0.387 e. The first-order valence-electron chi connectivity index (χ1n) is 5.56. The molecule has 0 amide bonds. The van der Waals surface area contributed by atoms with E-state index in [2.05, 4.69) is 11.1 Å². The van der Waals surface area contributed by atoms with Gasteiger partial charge in [0.15, 0.2) is 0 Å². The van der Waals surface area contributed by atoms with Gasteiger partial charge in [-0.05, 0) is 31.9 Å². The Morgan fingerprint density at radius 2 is 2.13 bits per heavy atom. The Labute approximate surface area is 95.1 Å². The summed E-state index contributed by atoms with van der Waals surface area (Å²) in [6, 6.07) is 3.99. The van der Waals surface area contributed by atoms with Gasteiger partial charge in [0.05, 0.1) is 11.8 Å². The number of aliphatic hydroxyl groups excluding tert-OH is 1. The molecule has 3 heteroatoms. The molecule has 1 atom stereocenters. The first-order valence-corrected chi connectivity index (χ1v) is 6.44. The van der Waals surface area contributed by atoms with Gasteiger partial charge in [-0.25, -0.2) is 0 Å². The van der Waals surface area contributed by atoms with Crippen molar-refractivity contribution < 1.29 is 5.11 Å². The summed E-state index contributed by atoms with van der Waals surface area (Å²) in [5, 5.41) is 10.1. The molecule has 1 aromatic rings. The van der Waals surface area contributed by atoms with Crippen molar-refractivity contribution in [1.82, 2.24) is 4.98 Å². The molecule has 0 spiro atoms. The van der Waals surface area contributed by atoms with E-state index in [1.54, 1.807) is 6.92 Å². The van der Waals surface area contributed by atoms with Crippen LogP contribution in [0.4, 0.5) is 0 Å². The smallest absolute Gasteiger partial charge is 0.0931 e. The summed E-state index contributed by atoms with van der Waals surface area (Å²) in [6.07, 6.45) is 6.83. The van der Waals surface area contributed by atoms with E-state index >= 15 is 0 Å². The van der Waals surface area contributed by atoms with Crippen LogP contribution in [0.1, 0.15) is 44.4 Å². The highest BCUT2D eigenvalue weighted by atomic mass is 32.2. The molecule has 2 rings (SSSR count). The quantitative estimate of drug-likeness (QED) is 0.854. The van der Waals surface area contributed by atoms with Crippen LogP contribution in [0, 0.1) is 0 Å². The second-order valence-corrected chi connectivity index (χ2v) is 5.49. The normalized spacial score (nSPS) is 19.3. The molecular formula is C12H17NOS. The Kier molecular flexibility index (Phi) is 3.65. The Balaban J connectivity index is 1.97. The number of aliphatic hydroxyl groups is 1. The first-order chi connectivity index (χ1) is 7.25. The standard InChI is InChI=1S/C12H17NOS/c1-9(14)12-7-6-11(8-13-12)15-10-4-2-3-5-10/h6-10,14H,2-5H2,1H3/t9-/m0/s1. The van der Waals surface area contributed by atoms with E-state index in [-0.39, 0.29) is 0 Å². The average Bonchev–Trinajstić information content (AvgIpc) is 2.71. The average molecular weight is 223 g/mol. The van der Waals surface area contributed by atoms with Gasteiger partial charge in [-0.3, -0.25) is 4.98 Å². The Morgan fingerprint density at radius 3 is 2.67 bits per heavy atom. The zero-order chi connectivity index (χ0) is 10.7. The van der Waals surface area contributed by atoms with E-state index in [1.165, 1.54) is 30.6 Å². The maximum absolute atomic E-state index is 9.33. The molecule has 1 aliphatic rings. The minimum absolute atomic E-state index is 0.462. The van der Waals surface area contributed by atoms with Crippen LogP contribution in [0.3, 0.4) is 0 Å². The van der Waals surface area contributed by atoms with Crippen LogP contribution >= 0.6 is 11.8 Å². The van der Waals surface area contributed by atoms with Gasteiger partial charge >= 0.3 is 0 Å². The predicted molar refractivity (Wildman–Crippen MR) is 63.0 cm³/mol. The summed E-state index contributed by atoms with van der Waals surface area (Å²) in [6.45, 7) is 1.74. The Morgan fingerprint density at radius 1 is 1.40 bits per heavy atom. The number of hydrogen-bond acceptors (Lipinski definition) is 3. The van der Waals surface area contributed by atoms with E-state index in [9.17, 15) is 5.11 Å². The van der Waals surface area contributed by atoms with Crippen molar-refractivity contribution in [2.75, 3.05) is 0 Å². The van der Waals surface area contributed by atoms with Gasteiger partial charge in [-0.15, -0.1) is 11.8 Å². The fourth-order valence-electron chi connectivity index (χ4n) is 1.91. The topological polar surface area (TPSA) is 33.1 Å². The molecule has 82 valence electrons. The van der Waals surface area contributed by atoms with Gasteiger partial charge in [-0.1, -0.05) is 12.8 Å². The summed E-state index contributed by atoms with van der Waals surface area (Å²) in [5.41, 5.74) is 0.755. The molecule has 0 radical (unpaired) electrons. The zero-order valence-corrected chi connectivity index (χ0v) is 9.83. The second-order valence-electron chi connectivity index (χ2n) is 4.12. The van der Waals surface area contributed by atoms with Crippen molar-refractivity contribution in [3.8, 4) is 0 Å². The van der Waals surface area contributed by atoms with Crippen molar-refractivity contribution in [3.05, 3.63) is 24.0 Å². The lowest BCUT2D eigenvalue weighted by molar-refractivity contribution is 0.194. The predicted octanol–water partition coefficient (Wildman–Crippen LogP) is 3.17. The summed E-state index contributed by atoms with van der Waals surface area (Å²) in [4.78, 5) is 5.48. The van der Waals surface area contributed by atoms with Crippen molar-refractivity contribution in [2.45, 2.75) is 48.9 Å². The van der Waals surface area contributed by atoms with Crippen LogP contribution in [0.15, 0.2) is 23.2 Å². The minimum atomic E-state index is -0.462. The molecule has 2 nitrogen and oxygen atoms in total. The van der Waals surface area contributed by atoms with Crippen LogP contribution in [0.5, 0.6) is 0 Å². The molecule has 1 heterocycles. The number of hydrogen-bond donors (Lipinski definition) is 1. The summed E-state index contributed by atoms with van der Waals surface area (Å²) in [5.74, 6) is 0. The van der Waals surface area contributed by atoms with E-state index in [4.69, 9.17) is 0 Å². The molecule has 0 saturated heterocycles. The van der Waals surface area contributed by atoms with Gasteiger partial charge in [0.1, 0.15) is 0 Å². The molecule has 0 aliphatic heterocycles. The SMILES string of the molecule is C[C@H](O)c1ccc(SC2CCCC2)cn1. The highest BCUT2D eigenvalue weighted by molar-refractivity contribution is 8.00. The Hall–Kier alpha value is -0.540. The lowest BCUT2D eigenvalue weighted by Crippen LogP contribution is -1.96. The fourth-order valence-corrected chi connectivity index (χ4v) is 3.12. The maximum Gasteiger partial charge on any atom is 0.0931 e. The third kappa shape index (κ3) is 2.95. The first kappa shape index (κ1) is 11.0. The summed E-state index contributed by atoms with van der Waals surface area (Å²) >= 11 is 1.93. The van der Waals surface area contributed by atoms with Crippen LogP contribution in [0.2, 0.25) is 0 Å². The lowest BCUT2D eigenvalue weighted by Gasteiger charge is -2.09. The molecule has 1 N–H and O–H groups in total. The zero-order valence-electron chi connectivity index (χ0n) is 9.02. The van der Waals surface area contributed by atoms with Gasteiger partial charge in [-0.2, -0.15) is 0 Å². The fraction of sp³-hybridized carbons (Fsp3) is 0.583. The molecule has 0 aromatic carbocycles. The van der Waals surface area contributed by atoms with E-state index in [0.717, 1.165) is 10.9 Å². The molecule has 1 aromatic heterocycles. The van der Waals surface area contributed by atoms with Crippen molar-refractivity contribution >= 4 is 11.8 Å². The van der Waals surface area contributed by atoms with Gasteiger partial charge < -0.3 is 5.11 Å². The number of rotatable bonds is 3. The van der Waals surface area contributed by atoms with Gasteiger partial charge in [0.25, 0.3) is 0 Å². The highest BCUT2D eigenvalue weighted by Crippen LogP contribution is 2.34. The number of pyridine rings is 1. The highest BCUT2D eigenvalue weighted by Gasteiger charge is 2.16.